The first-order valence-electron chi connectivity index (χ1n) is 8.15. The summed E-state index contributed by atoms with van der Waals surface area (Å²) in [5.74, 6) is -0.00415. The summed E-state index contributed by atoms with van der Waals surface area (Å²) in [7, 11) is 0. The van der Waals surface area contributed by atoms with Crippen LogP contribution in [0.1, 0.15) is 12.0 Å². The summed E-state index contributed by atoms with van der Waals surface area (Å²) in [5, 5.41) is 8.35. The molecule has 6 heteroatoms. The van der Waals surface area contributed by atoms with Gasteiger partial charge in [-0.3, -0.25) is 4.79 Å². The van der Waals surface area contributed by atoms with E-state index < -0.39 is 0 Å². The van der Waals surface area contributed by atoms with Crippen LogP contribution in [0, 0.1) is 0 Å². The summed E-state index contributed by atoms with van der Waals surface area (Å²) in [6.07, 6.45) is 3.15. The molecule has 1 amide bonds. The molecule has 3 rings (SSSR count). The number of rotatable bonds is 7. The van der Waals surface area contributed by atoms with Crippen LogP contribution in [-0.4, -0.2) is 24.0 Å². The van der Waals surface area contributed by atoms with Gasteiger partial charge in [0.25, 0.3) is 0 Å². The molecular weight excluding hydrogens is 357 g/mol. The molecule has 0 unspecified atom stereocenters. The summed E-state index contributed by atoms with van der Waals surface area (Å²) in [5.41, 5.74) is 2.99. The van der Waals surface area contributed by atoms with Crippen molar-refractivity contribution in [3.05, 3.63) is 64.3 Å². The molecule has 1 heterocycles. The summed E-state index contributed by atoms with van der Waals surface area (Å²) in [4.78, 5) is 15.2. The molecule has 2 aromatic carbocycles. The number of carbonyl (C=O) groups is 1. The minimum absolute atomic E-state index is 0.00415. The van der Waals surface area contributed by atoms with E-state index in [0.717, 1.165) is 11.9 Å². The SMILES string of the molecule is O=C(CCNc1c(Cl)cccc1Cl)NCCc1c[nH]c2ccccc12. The Balaban J connectivity index is 1.43. The Morgan fingerprint density at radius 1 is 1.00 bits per heavy atom. The third-order valence-corrected chi connectivity index (χ3v) is 4.64. The van der Waals surface area contributed by atoms with Crippen LogP contribution in [0.5, 0.6) is 0 Å². The van der Waals surface area contributed by atoms with Crippen molar-refractivity contribution in [2.45, 2.75) is 12.8 Å². The minimum atomic E-state index is -0.00415. The van der Waals surface area contributed by atoms with E-state index in [1.165, 1.54) is 10.9 Å². The van der Waals surface area contributed by atoms with Crippen molar-refractivity contribution < 1.29 is 4.79 Å². The van der Waals surface area contributed by atoms with E-state index in [2.05, 4.69) is 21.7 Å². The third-order valence-electron chi connectivity index (χ3n) is 4.01. The van der Waals surface area contributed by atoms with Gasteiger partial charge >= 0.3 is 0 Å². The summed E-state index contributed by atoms with van der Waals surface area (Å²) in [6.45, 7) is 1.08. The first kappa shape index (κ1) is 17.6. The van der Waals surface area contributed by atoms with Crippen molar-refractivity contribution >= 4 is 45.7 Å². The van der Waals surface area contributed by atoms with Crippen LogP contribution in [0.2, 0.25) is 10.0 Å². The average Bonchev–Trinajstić information content (AvgIpc) is 3.01. The standard InChI is InChI=1S/C19H19Cl2N3O/c20-15-5-3-6-16(21)19(15)23-11-9-18(25)22-10-8-13-12-24-17-7-2-1-4-14(13)17/h1-7,12,23-24H,8-11H2,(H,22,25). The second kappa shape index (κ2) is 8.28. The summed E-state index contributed by atoms with van der Waals surface area (Å²) >= 11 is 12.2. The van der Waals surface area contributed by atoms with E-state index in [4.69, 9.17) is 23.2 Å². The van der Waals surface area contributed by atoms with Crippen molar-refractivity contribution in [2.75, 3.05) is 18.4 Å². The maximum atomic E-state index is 12.0. The number of H-pyrrole nitrogens is 1. The van der Waals surface area contributed by atoms with Gasteiger partial charge in [-0.15, -0.1) is 0 Å². The highest BCUT2D eigenvalue weighted by Gasteiger charge is 2.07. The number of carbonyl (C=O) groups excluding carboxylic acids is 1. The van der Waals surface area contributed by atoms with Crippen molar-refractivity contribution in [2.24, 2.45) is 0 Å². The van der Waals surface area contributed by atoms with Crippen molar-refractivity contribution in [1.82, 2.24) is 10.3 Å². The van der Waals surface area contributed by atoms with E-state index in [0.29, 0.717) is 35.2 Å². The summed E-state index contributed by atoms with van der Waals surface area (Å²) in [6, 6.07) is 13.5. The van der Waals surface area contributed by atoms with Gasteiger partial charge in [0.15, 0.2) is 0 Å². The van der Waals surface area contributed by atoms with Crippen molar-refractivity contribution in [3.8, 4) is 0 Å². The number of halogens is 2. The number of para-hydroxylation sites is 2. The molecule has 0 saturated carbocycles. The number of hydrogen-bond donors (Lipinski definition) is 3. The van der Waals surface area contributed by atoms with Crippen LogP contribution in [0.15, 0.2) is 48.7 Å². The quantitative estimate of drug-likeness (QED) is 0.563. The Bertz CT molecular complexity index is 856. The molecule has 0 aliphatic carbocycles. The molecule has 0 fully saturated rings. The smallest absolute Gasteiger partial charge is 0.221 e. The highest BCUT2D eigenvalue weighted by atomic mass is 35.5. The summed E-state index contributed by atoms with van der Waals surface area (Å²) < 4.78 is 0. The van der Waals surface area contributed by atoms with Gasteiger partial charge in [0.05, 0.1) is 15.7 Å². The number of nitrogens with one attached hydrogen (secondary N) is 3. The van der Waals surface area contributed by atoms with E-state index in [1.807, 2.05) is 24.4 Å². The zero-order chi connectivity index (χ0) is 17.6. The maximum Gasteiger partial charge on any atom is 0.221 e. The Kier molecular flexibility index (Phi) is 5.84. The fraction of sp³-hybridized carbons (Fsp3) is 0.211. The number of aromatic nitrogens is 1. The molecule has 0 bridgehead atoms. The van der Waals surface area contributed by atoms with Gasteiger partial charge in [-0.05, 0) is 30.2 Å². The molecule has 0 atom stereocenters. The third kappa shape index (κ3) is 4.47. The van der Waals surface area contributed by atoms with E-state index in [9.17, 15) is 4.79 Å². The molecular formula is C19H19Cl2N3O. The topological polar surface area (TPSA) is 56.9 Å². The van der Waals surface area contributed by atoms with E-state index in [-0.39, 0.29) is 5.91 Å². The van der Waals surface area contributed by atoms with Gasteiger partial charge in [0.2, 0.25) is 5.91 Å². The molecule has 1 aromatic heterocycles. The lowest BCUT2D eigenvalue weighted by atomic mass is 10.1. The molecule has 4 nitrogen and oxygen atoms in total. The van der Waals surface area contributed by atoms with Gasteiger partial charge in [-0.2, -0.15) is 0 Å². The van der Waals surface area contributed by atoms with Crippen LogP contribution in [0.25, 0.3) is 10.9 Å². The first-order valence-corrected chi connectivity index (χ1v) is 8.90. The first-order chi connectivity index (χ1) is 12.1. The van der Waals surface area contributed by atoms with Crippen molar-refractivity contribution in [1.29, 1.82) is 0 Å². The molecule has 0 saturated heterocycles. The second-order valence-electron chi connectivity index (χ2n) is 5.73. The van der Waals surface area contributed by atoms with Gasteiger partial charge in [-0.1, -0.05) is 47.5 Å². The second-order valence-corrected chi connectivity index (χ2v) is 6.55. The van der Waals surface area contributed by atoms with Crippen LogP contribution in [-0.2, 0) is 11.2 Å². The molecule has 130 valence electrons. The van der Waals surface area contributed by atoms with Gasteiger partial charge < -0.3 is 15.6 Å². The lowest BCUT2D eigenvalue weighted by molar-refractivity contribution is -0.120. The highest BCUT2D eigenvalue weighted by Crippen LogP contribution is 2.29. The monoisotopic (exact) mass is 375 g/mol. The number of amides is 1. The van der Waals surface area contributed by atoms with Gasteiger partial charge in [0.1, 0.15) is 0 Å². The molecule has 25 heavy (non-hydrogen) atoms. The van der Waals surface area contributed by atoms with Crippen LogP contribution in [0.3, 0.4) is 0 Å². The largest absolute Gasteiger partial charge is 0.382 e. The van der Waals surface area contributed by atoms with Gasteiger partial charge in [0, 0.05) is 36.6 Å². The Morgan fingerprint density at radius 2 is 1.76 bits per heavy atom. The Hall–Kier alpha value is -2.17. The normalized spacial score (nSPS) is 10.8. The predicted molar refractivity (Wildman–Crippen MR) is 105 cm³/mol. The molecule has 0 aliphatic rings. The van der Waals surface area contributed by atoms with Gasteiger partial charge in [-0.25, -0.2) is 0 Å². The number of fused-ring (bicyclic) bond motifs is 1. The molecule has 3 N–H and O–H groups in total. The van der Waals surface area contributed by atoms with Crippen LogP contribution < -0.4 is 10.6 Å². The average molecular weight is 376 g/mol. The zero-order valence-electron chi connectivity index (χ0n) is 13.6. The Labute approximate surface area is 156 Å². The van der Waals surface area contributed by atoms with Crippen LogP contribution in [0.4, 0.5) is 5.69 Å². The number of benzene rings is 2. The molecule has 3 aromatic rings. The maximum absolute atomic E-state index is 12.0. The number of hydrogen-bond acceptors (Lipinski definition) is 2. The number of aromatic amines is 1. The Morgan fingerprint density at radius 3 is 2.56 bits per heavy atom. The van der Waals surface area contributed by atoms with Crippen molar-refractivity contribution in [3.63, 3.8) is 0 Å². The molecule has 0 aliphatic heterocycles. The lowest BCUT2D eigenvalue weighted by Crippen LogP contribution is -2.27. The highest BCUT2D eigenvalue weighted by molar-refractivity contribution is 6.39. The predicted octanol–water partition coefficient (Wildman–Crippen LogP) is 4.64. The van der Waals surface area contributed by atoms with E-state index >= 15 is 0 Å². The molecule has 0 spiro atoms. The fourth-order valence-electron chi connectivity index (χ4n) is 2.73. The number of anilines is 1. The zero-order valence-corrected chi connectivity index (χ0v) is 15.1. The minimum Gasteiger partial charge on any atom is -0.382 e. The lowest BCUT2D eigenvalue weighted by Gasteiger charge is -2.10. The fourth-order valence-corrected chi connectivity index (χ4v) is 3.26. The van der Waals surface area contributed by atoms with E-state index in [1.54, 1.807) is 18.2 Å². The van der Waals surface area contributed by atoms with Crippen LogP contribution >= 0.6 is 23.2 Å². The molecule has 0 radical (unpaired) electrons.